The van der Waals surface area contributed by atoms with Crippen LogP contribution in [0.5, 0.6) is 0 Å². The number of hydrogen-bond acceptors (Lipinski definition) is 3. The summed E-state index contributed by atoms with van der Waals surface area (Å²) in [5.74, 6) is 0.820. The van der Waals surface area contributed by atoms with Crippen molar-refractivity contribution in [2.45, 2.75) is 5.54 Å². The monoisotopic (exact) mass is 302 g/mol. The number of amidine groups is 1. The number of rotatable bonds is 3. The van der Waals surface area contributed by atoms with Crippen LogP contribution in [0.2, 0.25) is 0 Å². The molecule has 0 bridgehead atoms. The molecule has 2 aromatic carbocycles. The fourth-order valence-electron chi connectivity index (χ4n) is 2.89. The van der Waals surface area contributed by atoms with Crippen LogP contribution < -0.4 is 5.32 Å². The highest BCUT2D eigenvalue weighted by molar-refractivity contribution is 6.15. The second kappa shape index (κ2) is 5.25. The van der Waals surface area contributed by atoms with E-state index in [1.807, 2.05) is 60.7 Å². The molecule has 112 valence electrons. The quantitative estimate of drug-likeness (QED) is 0.808. The number of benzene rings is 2. The molecule has 23 heavy (non-hydrogen) atoms. The van der Waals surface area contributed by atoms with Gasteiger partial charge in [0, 0.05) is 0 Å². The van der Waals surface area contributed by atoms with E-state index in [0.717, 1.165) is 11.1 Å². The predicted molar refractivity (Wildman–Crippen MR) is 87.1 cm³/mol. The average molecular weight is 302 g/mol. The van der Waals surface area contributed by atoms with Crippen LogP contribution in [0.25, 0.3) is 0 Å². The van der Waals surface area contributed by atoms with Crippen LogP contribution >= 0.6 is 0 Å². The second-order valence-electron chi connectivity index (χ2n) is 5.33. The number of nitrogens with one attached hydrogen (secondary N) is 1. The van der Waals surface area contributed by atoms with E-state index in [9.17, 15) is 4.79 Å². The molecule has 1 aromatic heterocycles. The molecule has 4 rings (SSSR count). The van der Waals surface area contributed by atoms with E-state index in [2.05, 4.69) is 5.32 Å². The molecule has 0 fully saturated rings. The van der Waals surface area contributed by atoms with E-state index < -0.39 is 5.54 Å². The third-order valence-corrected chi connectivity index (χ3v) is 3.98. The van der Waals surface area contributed by atoms with E-state index in [0.29, 0.717) is 11.6 Å². The summed E-state index contributed by atoms with van der Waals surface area (Å²) in [7, 11) is 0. The minimum Gasteiger partial charge on any atom is -0.461 e. The first-order chi connectivity index (χ1) is 11.3. The summed E-state index contributed by atoms with van der Waals surface area (Å²) in [5.41, 5.74) is 0.556. The molecule has 2 heterocycles. The van der Waals surface area contributed by atoms with Gasteiger partial charge in [-0.25, -0.2) is 4.99 Å². The summed E-state index contributed by atoms with van der Waals surface area (Å²) in [6.07, 6.45) is 1.56. The molecule has 1 aliphatic rings. The molecule has 1 aliphatic heterocycles. The number of aliphatic imine (C=N–C) groups is 1. The highest BCUT2D eigenvalue weighted by Gasteiger charge is 2.47. The highest BCUT2D eigenvalue weighted by atomic mass is 16.3. The van der Waals surface area contributed by atoms with Gasteiger partial charge in [-0.2, -0.15) is 0 Å². The third kappa shape index (κ3) is 2.07. The van der Waals surface area contributed by atoms with Crippen molar-refractivity contribution >= 4 is 11.7 Å². The van der Waals surface area contributed by atoms with Crippen LogP contribution in [0.4, 0.5) is 0 Å². The predicted octanol–water partition coefficient (Wildman–Crippen LogP) is 3.10. The van der Waals surface area contributed by atoms with Crippen molar-refractivity contribution in [2.24, 2.45) is 4.99 Å². The number of furan rings is 1. The molecule has 0 radical (unpaired) electrons. The molecular weight excluding hydrogens is 288 g/mol. The summed E-state index contributed by atoms with van der Waals surface area (Å²) in [6, 6.07) is 22.7. The zero-order valence-electron chi connectivity index (χ0n) is 12.3. The normalized spacial score (nSPS) is 16.0. The van der Waals surface area contributed by atoms with E-state index in [-0.39, 0.29) is 5.91 Å². The fourth-order valence-corrected chi connectivity index (χ4v) is 2.89. The Hall–Kier alpha value is -3.14. The molecule has 4 nitrogen and oxygen atoms in total. The van der Waals surface area contributed by atoms with Crippen molar-refractivity contribution < 1.29 is 9.21 Å². The van der Waals surface area contributed by atoms with Gasteiger partial charge in [-0.1, -0.05) is 60.7 Å². The lowest BCUT2D eigenvalue weighted by atomic mass is 9.83. The van der Waals surface area contributed by atoms with Gasteiger partial charge in [0.15, 0.2) is 17.1 Å². The summed E-state index contributed by atoms with van der Waals surface area (Å²) in [4.78, 5) is 17.7. The van der Waals surface area contributed by atoms with Gasteiger partial charge >= 0.3 is 0 Å². The van der Waals surface area contributed by atoms with Gasteiger partial charge in [0.1, 0.15) is 0 Å². The number of nitrogens with zero attached hydrogens (tertiary/aromatic N) is 1. The number of carbonyl (C=O) groups excluding carboxylic acids is 1. The standard InChI is InChI=1S/C19H14N2O2/c22-18-19(14-8-3-1-4-9-14,15-10-5-2-6-11-15)21-17(20-18)16-12-7-13-23-16/h1-13H,(H,20,21,22). The Balaban J connectivity index is 1.95. The molecule has 1 N–H and O–H groups in total. The van der Waals surface area contributed by atoms with Crippen LogP contribution in [0.1, 0.15) is 16.9 Å². The van der Waals surface area contributed by atoms with Gasteiger partial charge in [-0.05, 0) is 23.3 Å². The Bertz CT molecular complexity index is 813. The molecule has 0 atom stereocenters. The Morgan fingerprint density at radius 1 is 0.826 bits per heavy atom. The van der Waals surface area contributed by atoms with Gasteiger partial charge in [0.05, 0.1) is 6.26 Å². The number of carbonyl (C=O) groups is 1. The van der Waals surface area contributed by atoms with E-state index in [1.54, 1.807) is 18.4 Å². The maximum atomic E-state index is 12.9. The van der Waals surface area contributed by atoms with Gasteiger partial charge in [0.2, 0.25) is 0 Å². The highest BCUT2D eigenvalue weighted by Crippen LogP contribution is 2.37. The third-order valence-electron chi connectivity index (χ3n) is 3.98. The minimum absolute atomic E-state index is 0.179. The molecule has 0 spiro atoms. The maximum Gasteiger partial charge on any atom is 0.262 e. The second-order valence-corrected chi connectivity index (χ2v) is 5.33. The molecule has 3 aromatic rings. The average Bonchev–Trinajstić information content (AvgIpc) is 3.25. The lowest BCUT2D eigenvalue weighted by Crippen LogP contribution is -2.38. The molecule has 4 heteroatoms. The molecule has 0 saturated carbocycles. The largest absolute Gasteiger partial charge is 0.461 e. The summed E-state index contributed by atoms with van der Waals surface area (Å²) in [6.45, 7) is 0. The number of amides is 1. The van der Waals surface area contributed by atoms with E-state index >= 15 is 0 Å². The lowest BCUT2D eigenvalue weighted by molar-refractivity contribution is -0.122. The van der Waals surface area contributed by atoms with Crippen LogP contribution in [-0.2, 0) is 10.3 Å². The first kappa shape index (κ1) is 13.5. The summed E-state index contributed by atoms with van der Waals surface area (Å²) < 4.78 is 5.39. The Kier molecular flexibility index (Phi) is 3.08. The smallest absolute Gasteiger partial charge is 0.262 e. The zero-order chi connectivity index (χ0) is 15.7. The molecule has 0 aliphatic carbocycles. The number of hydrogen-bond donors (Lipinski definition) is 1. The SMILES string of the molecule is O=C1NC(c2ccco2)=NC1(c1ccccc1)c1ccccc1. The molecular formula is C19H14N2O2. The van der Waals surface area contributed by atoms with E-state index in [1.165, 1.54) is 0 Å². The first-order valence-corrected chi connectivity index (χ1v) is 7.37. The van der Waals surface area contributed by atoms with Crippen molar-refractivity contribution in [3.05, 3.63) is 95.9 Å². The van der Waals surface area contributed by atoms with Gasteiger partial charge in [0.25, 0.3) is 5.91 Å². The van der Waals surface area contributed by atoms with Crippen LogP contribution in [0.3, 0.4) is 0 Å². The van der Waals surface area contributed by atoms with Crippen LogP contribution in [0, 0.1) is 0 Å². The lowest BCUT2D eigenvalue weighted by Gasteiger charge is -2.24. The summed E-state index contributed by atoms with van der Waals surface area (Å²) >= 11 is 0. The van der Waals surface area contributed by atoms with Crippen LogP contribution in [0.15, 0.2) is 88.5 Å². The fraction of sp³-hybridized carbons (Fsp3) is 0.0526. The Morgan fingerprint density at radius 2 is 1.43 bits per heavy atom. The van der Waals surface area contributed by atoms with Crippen molar-refractivity contribution in [3.8, 4) is 0 Å². The van der Waals surface area contributed by atoms with Crippen molar-refractivity contribution in [2.75, 3.05) is 0 Å². The van der Waals surface area contributed by atoms with Gasteiger partial charge < -0.3 is 9.73 Å². The molecule has 0 saturated heterocycles. The maximum absolute atomic E-state index is 12.9. The molecule has 1 amide bonds. The van der Waals surface area contributed by atoms with Crippen molar-refractivity contribution in [1.29, 1.82) is 0 Å². The Morgan fingerprint density at radius 3 is 1.96 bits per heavy atom. The topological polar surface area (TPSA) is 54.6 Å². The first-order valence-electron chi connectivity index (χ1n) is 7.37. The van der Waals surface area contributed by atoms with Crippen molar-refractivity contribution in [3.63, 3.8) is 0 Å². The Labute approximate surface area is 133 Å². The van der Waals surface area contributed by atoms with E-state index in [4.69, 9.17) is 9.41 Å². The van der Waals surface area contributed by atoms with Gasteiger partial charge in [-0.3, -0.25) is 4.79 Å². The summed E-state index contributed by atoms with van der Waals surface area (Å²) in [5, 5.41) is 2.86. The molecule has 0 unspecified atom stereocenters. The van der Waals surface area contributed by atoms with Crippen molar-refractivity contribution in [1.82, 2.24) is 5.32 Å². The van der Waals surface area contributed by atoms with Crippen LogP contribution in [-0.4, -0.2) is 11.7 Å². The minimum atomic E-state index is -1.09. The zero-order valence-corrected chi connectivity index (χ0v) is 12.3. The van der Waals surface area contributed by atoms with Gasteiger partial charge in [-0.15, -0.1) is 0 Å².